The molecule has 4 nitrogen and oxygen atoms in total. The Morgan fingerprint density at radius 1 is 0.909 bits per heavy atom. The van der Waals surface area contributed by atoms with Gasteiger partial charge in [-0.25, -0.2) is 18.2 Å². The Balaban J connectivity index is 1.79. The third-order valence-electron chi connectivity index (χ3n) is 5.66. The average Bonchev–Trinajstić information content (AvgIpc) is 2.81. The Labute approximate surface area is 186 Å². The summed E-state index contributed by atoms with van der Waals surface area (Å²) in [5.41, 5.74) is 1.87. The van der Waals surface area contributed by atoms with Gasteiger partial charge in [0.1, 0.15) is 11.6 Å². The Morgan fingerprint density at radius 2 is 1.70 bits per heavy atom. The van der Waals surface area contributed by atoms with Crippen LogP contribution in [0.25, 0.3) is 33.1 Å². The van der Waals surface area contributed by atoms with Gasteiger partial charge in [0, 0.05) is 21.9 Å². The minimum absolute atomic E-state index is 0.0123. The van der Waals surface area contributed by atoms with Crippen LogP contribution in [0.1, 0.15) is 11.1 Å². The number of hydrogen-bond donors (Lipinski definition) is 1. The van der Waals surface area contributed by atoms with Crippen LogP contribution in [0.2, 0.25) is 0 Å². The quantitative estimate of drug-likeness (QED) is 0.341. The lowest BCUT2D eigenvalue weighted by atomic mass is 10.0. The molecule has 3 aromatic carbocycles. The molecule has 0 saturated heterocycles. The van der Waals surface area contributed by atoms with Gasteiger partial charge in [0.15, 0.2) is 17.1 Å². The van der Waals surface area contributed by atoms with Gasteiger partial charge in [-0.3, -0.25) is 4.79 Å². The minimum Gasteiger partial charge on any atom is -0.438 e. The number of para-hydroxylation sites is 1. The first-order valence-electron chi connectivity index (χ1n) is 10.2. The summed E-state index contributed by atoms with van der Waals surface area (Å²) in [6, 6.07) is 15.3. The van der Waals surface area contributed by atoms with Gasteiger partial charge in [0.25, 0.3) is 0 Å². The predicted octanol–water partition coefficient (Wildman–Crippen LogP) is 6.57. The maximum Gasteiger partial charge on any atom is 0.229 e. The van der Waals surface area contributed by atoms with Gasteiger partial charge in [-0.15, -0.1) is 0 Å². The van der Waals surface area contributed by atoms with E-state index in [9.17, 15) is 18.0 Å². The molecule has 0 spiro atoms. The normalized spacial score (nSPS) is 11.3. The molecule has 0 bridgehead atoms. The number of H-pyrrole nitrogens is 1. The molecule has 2 aromatic heterocycles. The van der Waals surface area contributed by atoms with Crippen molar-refractivity contribution in [3.05, 3.63) is 99.5 Å². The molecule has 0 fully saturated rings. The summed E-state index contributed by atoms with van der Waals surface area (Å²) in [5.74, 6) is -2.30. The summed E-state index contributed by atoms with van der Waals surface area (Å²) in [7, 11) is 0. The number of fused-ring (bicyclic) bond motifs is 2. The minimum atomic E-state index is -1.01. The van der Waals surface area contributed by atoms with Crippen molar-refractivity contribution in [2.45, 2.75) is 13.8 Å². The van der Waals surface area contributed by atoms with Gasteiger partial charge >= 0.3 is 0 Å². The van der Waals surface area contributed by atoms with Crippen molar-refractivity contribution in [3.8, 4) is 22.9 Å². The summed E-state index contributed by atoms with van der Waals surface area (Å²) in [5, 5.41) is 1.13. The van der Waals surface area contributed by atoms with Crippen LogP contribution in [-0.2, 0) is 0 Å². The summed E-state index contributed by atoms with van der Waals surface area (Å²) in [6.45, 7) is 3.05. The smallest absolute Gasteiger partial charge is 0.229 e. The van der Waals surface area contributed by atoms with Gasteiger partial charge in [0.2, 0.25) is 5.88 Å². The van der Waals surface area contributed by atoms with Gasteiger partial charge in [-0.1, -0.05) is 18.2 Å². The van der Waals surface area contributed by atoms with Crippen LogP contribution in [0.15, 0.2) is 65.5 Å². The fourth-order valence-corrected chi connectivity index (χ4v) is 3.84. The topological polar surface area (TPSA) is 55.0 Å². The van der Waals surface area contributed by atoms with E-state index in [0.29, 0.717) is 33.2 Å². The maximum atomic E-state index is 14.1. The Bertz CT molecular complexity index is 1630. The molecule has 0 aliphatic rings. The van der Waals surface area contributed by atoms with Crippen LogP contribution in [0.5, 0.6) is 11.6 Å². The van der Waals surface area contributed by atoms with E-state index in [4.69, 9.17) is 4.74 Å². The van der Waals surface area contributed by atoms with E-state index >= 15 is 0 Å². The number of rotatable bonds is 3. The lowest BCUT2D eigenvalue weighted by Crippen LogP contribution is -2.10. The number of nitrogens with one attached hydrogen (secondary N) is 1. The molecule has 0 amide bonds. The number of nitrogens with zero attached hydrogens (tertiary/aromatic N) is 1. The van der Waals surface area contributed by atoms with Crippen LogP contribution in [0, 0.1) is 31.3 Å². The van der Waals surface area contributed by atoms with Crippen LogP contribution < -0.4 is 10.2 Å². The first-order chi connectivity index (χ1) is 15.8. The zero-order chi connectivity index (χ0) is 23.3. The van der Waals surface area contributed by atoms with Crippen molar-refractivity contribution in [2.75, 3.05) is 0 Å². The number of benzene rings is 3. The Morgan fingerprint density at radius 3 is 2.52 bits per heavy atom. The summed E-state index contributed by atoms with van der Waals surface area (Å²) < 4.78 is 47.6. The second-order valence-electron chi connectivity index (χ2n) is 7.76. The molecule has 0 atom stereocenters. The molecular weight excluding hydrogens is 429 g/mol. The molecule has 1 N–H and O–H groups in total. The maximum absolute atomic E-state index is 14.1. The van der Waals surface area contributed by atoms with E-state index in [0.717, 1.165) is 11.5 Å². The van der Waals surface area contributed by atoms with Crippen molar-refractivity contribution in [1.82, 2.24) is 9.97 Å². The highest BCUT2D eigenvalue weighted by molar-refractivity contribution is 5.89. The van der Waals surface area contributed by atoms with Gasteiger partial charge in [-0.05, 0) is 56.3 Å². The Hall–Kier alpha value is -4.13. The summed E-state index contributed by atoms with van der Waals surface area (Å²) in [4.78, 5) is 20.7. The van der Waals surface area contributed by atoms with E-state index in [-0.39, 0.29) is 22.6 Å². The molecule has 0 aliphatic carbocycles. The highest BCUT2D eigenvalue weighted by Crippen LogP contribution is 2.36. The van der Waals surface area contributed by atoms with E-state index < -0.39 is 17.5 Å². The fraction of sp³-hybridized carbons (Fsp3) is 0.0769. The van der Waals surface area contributed by atoms with Crippen molar-refractivity contribution in [3.63, 3.8) is 0 Å². The number of ether oxygens (including phenoxy) is 1. The second-order valence-corrected chi connectivity index (χ2v) is 7.76. The number of pyridine rings is 2. The first-order valence-corrected chi connectivity index (χ1v) is 10.2. The largest absolute Gasteiger partial charge is 0.438 e. The Kier molecular flexibility index (Phi) is 4.89. The van der Waals surface area contributed by atoms with E-state index in [1.807, 2.05) is 18.2 Å². The van der Waals surface area contributed by atoms with Gasteiger partial charge in [0.05, 0.1) is 22.3 Å². The van der Waals surface area contributed by atoms with Gasteiger partial charge < -0.3 is 9.72 Å². The van der Waals surface area contributed by atoms with Gasteiger partial charge in [-0.2, -0.15) is 0 Å². The van der Waals surface area contributed by atoms with E-state index in [1.165, 1.54) is 31.2 Å². The zero-order valence-electron chi connectivity index (χ0n) is 17.7. The molecule has 2 heterocycles. The third-order valence-corrected chi connectivity index (χ3v) is 5.66. The number of halogens is 3. The third kappa shape index (κ3) is 3.51. The number of aromatic amines is 1. The average molecular weight is 446 g/mol. The van der Waals surface area contributed by atoms with E-state index in [1.54, 1.807) is 19.1 Å². The lowest BCUT2D eigenvalue weighted by Gasteiger charge is -2.16. The van der Waals surface area contributed by atoms with E-state index in [2.05, 4.69) is 9.97 Å². The first kappa shape index (κ1) is 20.8. The van der Waals surface area contributed by atoms with Crippen LogP contribution in [0.4, 0.5) is 13.2 Å². The van der Waals surface area contributed by atoms with Crippen LogP contribution >= 0.6 is 0 Å². The molecule has 0 aliphatic heterocycles. The molecular formula is C26H17F3N2O2. The van der Waals surface area contributed by atoms with Crippen molar-refractivity contribution in [2.24, 2.45) is 0 Å². The van der Waals surface area contributed by atoms with Crippen molar-refractivity contribution in [1.29, 1.82) is 0 Å². The predicted molar refractivity (Wildman–Crippen MR) is 121 cm³/mol. The number of hydrogen-bond acceptors (Lipinski definition) is 3. The lowest BCUT2D eigenvalue weighted by molar-refractivity contribution is 0.444. The molecule has 0 radical (unpaired) electrons. The highest BCUT2D eigenvalue weighted by Gasteiger charge is 2.19. The zero-order valence-corrected chi connectivity index (χ0v) is 17.7. The number of aromatic nitrogens is 2. The highest BCUT2D eigenvalue weighted by atomic mass is 19.2. The summed E-state index contributed by atoms with van der Waals surface area (Å²) >= 11 is 0. The van der Waals surface area contributed by atoms with Crippen LogP contribution in [0.3, 0.4) is 0 Å². The molecule has 5 aromatic rings. The molecule has 0 saturated carbocycles. The van der Waals surface area contributed by atoms with Crippen LogP contribution in [-0.4, -0.2) is 9.97 Å². The second kappa shape index (κ2) is 7.78. The summed E-state index contributed by atoms with van der Waals surface area (Å²) in [6.07, 6.45) is 0. The fourth-order valence-electron chi connectivity index (χ4n) is 3.84. The molecule has 164 valence electrons. The van der Waals surface area contributed by atoms with Crippen molar-refractivity contribution < 1.29 is 17.9 Å². The molecule has 5 rings (SSSR count). The SMILES string of the molecule is Cc1c(Oc2nc3ccccc3cc2-c2[nH]c3cc(F)ccc3c(=O)c2C)ccc(F)c1F. The molecule has 7 heteroatoms. The molecule has 33 heavy (non-hydrogen) atoms. The molecule has 0 unspecified atom stereocenters. The monoisotopic (exact) mass is 446 g/mol. The standard InChI is InChI=1S/C26H17F3N2O2/c1-13-22(10-9-19(28)23(13)29)33-26-18(11-15-5-3-4-6-20(15)31-26)24-14(2)25(32)17-8-7-16(27)12-21(17)30-24/h3-12H,1-2H3,(H,30,32). The van der Waals surface area contributed by atoms with Crippen molar-refractivity contribution >= 4 is 21.8 Å².